The molecule has 130 valence electrons. The first-order chi connectivity index (χ1) is 12.2. The van der Waals surface area contributed by atoms with Gasteiger partial charge < -0.3 is 10.5 Å². The minimum Gasteiger partial charge on any atom is -0.383 e. The number of aryl methyl sites for hydroxylation is 2. The number of nitrogens with zero attached hydrogens (tertiary/aromatic N) is 4. The minimum atomic E-state index is 0.614. The third-order valence-corrected chi connectivity index (χ3v) is 5.45. The Labute approximate surface area is 150 Å². The van der Waals surface area contributed by atoms with Crippen LogP contribution in [0.25, 0.3) is 21.8 Å². The van der Waals surface area contributed by atoms with Crippen molar-refractivity contribution in [3.8, 4) is 21.8 Å². The first-order valence-electron chi connectivity index (χ1n) is 8.44. The highest BCUT2D eigenvalue weighted by molar-refractivity contribution is 7.18. The fourth-order valence-electron chi connectivity index (χ4n) is 3.33. The van der Waals surface area contributed by atoms with E-state index in [1.165, 1.54) is 5.56 Å². The average Bonchev–Trinajstić information content (AvgIpc) is 3.09. The molecule has 0 bridgehead atoms. The Balaban J connectivity index is 1.91. The molecule has 0 spiro atoms. The molecule has 25 heavy (non-hydrogen) atoms. The zero-order valence-electron chi connectivity index (χ0n) is 14.5. The van der Waals surface area contributed by atoms with E-state index in [9.17, 15) is 0 Å². The van der Waals surface area contributed by atoms with Gasteiger partial charge in [-0.3, -0.25) is 9.67 Å². The molecule has 3 aromatic heterocycles. The lowest BCUT2D eigenvalue weighted by Gasteiger charge is -2.06. The second-order valence-electron chi connectivity index (χ2n) is 6.26. The molecule has 0 aromatic carbocycles. The smallest absolute Gasteiger partial charge is 0.180 e. The van der Waals surface area contributed by atoms with Gasteiger partial charge in [0.15, 0.2) is 5.13 Å². The molecule has 2 N–H and O–H groups in total. The predicted molar refractivity (Wildman–Crippen MR) is 99.6 cm³/mol. The molecule has 1 aliphatic rings. The molecule has 7 heteroatoms. The van der Waals surface area contributed by atoms with E-state index < -0.39 is 0 Å². The van der Waals surface area contributed by atoms with Gasteiger partial charge in [0.2, 0.25) is 0 Å². The van der Waals surface area contributed by atoms with Gasteiger partial charge in [-0.05, 0) is 38.3 Å². The van der Waals surface area contributed by atoms with Crippen molar-refractivity contribution in [2.45, 2.75) is 32.7 Å². The Morgan fingerprint density at radius 3 is 2.96 bits per heavy atom. The number of hydrogen-bond donors (Lipinski definition) is 1. The summed E-state index contributed by atoms with van der Waals surface area (Å²) in [6.07, 6.45) is 4.89. The van der Waals surface area contributed by atoms with E-state index >= 15 is 0 Å². The zero-order chi connectivity index (χ0) is 17.4. The van der Waals surface area contributed by atoms with Gasteiger partial charge in [0.1, 0.15) is 0 Å². The Hall–Kier alpha value is -2.25. The van der Waals surface area contributed by atoms with Gasteiger partial charge in [0, 0.05) is 30.1 Å². The number of anilines is 1. The van der Waals surface area contributed by atoms with Crippen LogP contribution in [0.15, 0.2) is 18.3 Å². The van der Waals surface area contributed by atoms with Crippen molar-refractivity contribution in [2.24, 2.45) is 0 Å². The number of fused-ring (bicyclic) bond motifs is 3. The van der Waals surface area contributed by atoms with Crippen LogP contribution < -0.4 is 5.73 Å². The molecule has 1 aliphatic carbocycles. The molecule has 0 saturated heterocycles. The summed E-state index contributed by atoms with van der Waals surface area (Å²) in [5, 5.41) is 5.53. The second-order valence-corrected chi connectivity index (χ2v) is 7.29. The highest BCUT2D eigenvalue weighted by Crippen LogP contribution is 2.41. The first kappa shape index (κ1) is 16.2. The van der Waals surface area contributed by atoms with E-state index in [0.29, 0.717) is 18.3 Å². The van der Waals surface area contributed by atoms with Gasteiger partial charge in [-0.15, -0.1) is 0 Å². The number of rotatable bonds is 4. The van der Waals surface area contributed by atoms with Crippen molar-refractivity contribution in [3.63, 3.8) is 0 Å². The summed E-state index contributed by atoms with van der Waals surface area (Å²) >= 11 is 1.55. The molecule has 0 radical (unpaired) electrons. The molecule has 4 rings (SSSR count). The Bertz CT molecular complexity index is 897. The summed E-state index contributed by atoms with van der Waals surface area (Å²) in [7, 11) is 1.71. The second kappa shape index (κ2) is 6.57. The van der Waals surface area contributed by atoms with Crippen LogP contribution in [0.1, 0.15) is 23.4 Å². The lowest BCUT2D eigenvalue weighted by atomic mass is 10.0. The van der Waals surface area contributed by atoms with Crippen LogP contribution >= 0.6 is 11.3 Å². The number of thiazole rings is 1. The molecule has 0 aliphatic heterocycles. The standard InChI is InChI=1S/C18H21N5OS/c1-11-6-7-12(10-20-11)15-13-4-3-5-14-17(25-18(19)21-14)16(13)23(22-15)8-9-24-2/h6-7,10H,3-5,8-9H2,1-2H3,(H2,19,21). The van der Waals surface area contributed by atoms with Crippen LogP contribution in [0.3, 0.4) is 0 Å². The maximum absolute atomic E-state index is 5.99. The van der Waals surface area contributed by atoms with Gasteiger partial charge in [-0.25, -0.2) is 4.98 Å². The van der Waals surface area contributed by atoms with Crippen LogP contribution in [0, 0.1) is 6.92 Å². The van der Waals surface area contributed by atoms with Gasteiger partial charge >= 0.3 is 0 Å². The maximum atomic E-state index is 5.99. The normalized spacial score (nSPS) is 13.4. The summed E-state index contributed by atoms with van der Waals surface area (Å²) in [5.41, 5.74) is 12.6. The third kappa shape index (κ3) is 2.94. The van der Waals surface area contributed by atoms with E-state index in [-0.39, 0.29) is 0 Å². The minimum absolute atomic E-state index is 0.614. The molecule has 3 aromatic rings. The van der Waals surface area contributed by atoms with Gasteiger partial charge in [0.25, 0.3) is 0 Å². The van der Waals surface area contributed by atoms with E-state index in [2.05, 4.69) is 20.7 Å². The summed E-state index contributed by atoms with van der Waals surface area (Å²) < 4.78 is 7.33. The van der Waals surface area contributed by atoms with Crippen molar-refractivity contribution in [1.82, 2.24) is 19.7 Å². The summed E-state index contributed by atoms with van der Waals surface area (Å²) in [5.74, 6) is 0. The van der Waals surface area contributed by atoms with Crippen molar-refractivity contribution in [3.05, 3.63) is 35.3 Å². The maximum Gasteiger partial charge on any atom is 0.180 e. The number of nitrogen functional groups attached to an aromatic ring is 1. The van der Waals surface area contributed by atoms with Crippen LogP contribution in [-0.4, -0.2) is 33.5 Å². The first-order valence-corrected chi connectivity index (χ1v) is 9.26. The third-order valence-electron chi connectivity index (χ3n) is 4.51. The van der Waals surface area contributed by atoms with Crippen LogP contribution in [-0.2, 0) is 24.1 Å². The van der Waals surface area contributed by atoms with E-state index in [1.54, 1.807) is 18.4 Å². The van der Waals surface area contributed by atoms with Gasteiger partial charge in [-0.1, -0.05) is 11.3 Å². The van der Waals surface area contributed by atoms with Crippen molar-refractivity contribution in [2.75, 3.05) is 19.5 Å². The van der Waals surface area contributed by atoms with Crippen LogP contribution in [0.5, 0.6) is 0 Å². The molecule has 0 fully saturated rings. The topological polar surface area (TPSA) is 78.8 Å². The number of pyridine rings is 1. The van der Waals surface area contributed by atoms with Crippen molar-refractivity contribution < 1.29 is 4.74 Å². The molecular formula is C18H21N5OS. The molecule has 0 saturated carbocycles. The number of methoxy groups -OCH3 is 1. The van der Waals surface area contributed by atoms with E-state index in [1.807, 2.05) is 19.2 Å². The van der Waals surface area contributed by atoms with Gasteiger partial charge in [-0.2, -0.15) is 5.10 Å². The average molecular weight is 355 g/mol. The highest BCUT2D eigenvalue weighted by Gasteiger charge is 2.27. The number of hydrogen-bond acceptors (Lipinski definition) is 6. The Morgan fingerprint density at radius 2 is 2.20 bits per heavy atom. The van der Waals surface area contributed by atoms with Crippen LogP contribution in [0.2, 0.25) is 0 Å². The van der Waals surface area contributed by atoms with Crippen molar-refractivity contribution >= 4 is 16.5 Å². The highest BCUT2D eigenvalue weighted by atomic mass is 32.1. The lowest BCUT2D eigenvalue weighted by Crippen LogP contribution is -2.07. The Kier molecular flexibility index (Phi) is 4.27. The summed E-state index contributed by atoms with van der Waals surface area (Å²) in [4.78, 5) is 10.1. The van der Waals surface area contributed by atoms with E-state index in [0.717, 1.165) is 52.5 Å². The molecule has 0 unspecified atom stereocenters. The zero-order valence-corrected chi connectivity index (χ0v) is 15.3. The van der Waals surface area contributed by atoms with E-state index in [4.69, 9.17) is 15.6 Å². The molecule has 6 nitrogen and oxygen atoms in total. The summed E-state index contributed by atoms with van der Waals surface area (Å²) in [6, 6.07) is 4.13. The van der Waals surface area contributed by atoms with Gasteiger partial charge in [0.05, 0.1) is 35.1 Å². The number of ether oxygens (including phenoxy) is 1. The number of nitrogens with two attached hydrogens (primary N) is 1. The SMILES string of the molecule is COCCn1nc(-c2ccc(C)nc2)c2c1-c1sc(N)nc1CCC2. The summed E-state index contributed by atoms with van der Waals surface area (Å²) in [6.45, 7) is 3.31. The quantitative estimate of drug-likeness (QED) is 0.778. The molecule has 3 heterocycles. The fourth-order valence-corrected chi connectivity index (χ4v) is 4.28. The lowest BCUT2D eigenvalue weighted by molar-refractivity contribution is 0.184. The largest absolute Gasteiger partial charge is 0.383 e. The van der Waals surface area contributed by atoms with Crippen molar-refractivity contribution in [1.29, 1.82) is 0 Å². The molecule has 0 amide bonds. The van der Waals surface area contributed by atoms with Crippen LogP contribution in [0.4, 0.5) is 5.13 Å². The number of aromatic nitrogens is 4. The molecule has 0 atom stereocenters. The fraction of sp³-hybridized carbons (Fsp3) is 0.389. The Morgan fingerprint density at radius 1 is 1.32 bits per heavy atom. The predicted octanol–water partition coefficient (Wildman–Crippen LogP) is 3.09. The molecular weight excluding hydrogens is 334 g/mol. The monoisotopic (exact) mass is 355 g/mol.